The van der Waals surface area contributed by atoms with Crippen molar-refractivity contribution in [2.24, 2.45) is 0 Å². The van der Waals surface area contributed by atoms with Gasteiger partial charge in [-0.05, 0) is 33.6 Å². The van der Waals surface area contributed by atoms with Crippen molar-refractivity contribution in [3.05, 3.63) is 0 Å². The fourth-order valence-corrected chi connectivity index (χ4v) is 3.35. The average molecular weight is 325 g/mol. The zero-order valence-corrected chi connectivity index (χ0v) is 14.8. The summed E-state index contributed by atoms with van der Waals surface area (Å²) in [6.45, 7) is 9.37. The van der Waals surface area contributed by atoms with Crippen LogP contribution < -0.4 is 5.32 Å². The fraction of sp³-hybridized carbons (Fsp3) is 0.882. The number of nitrogens with one attached hydrogen (secondary N) is 1. The maximum absolute atomic E-state index is 12.2. The van der Waals surface area contributed by atoms with E-state index in [4.69, 9.17) is 4.74 Å². The number of carbonyl (C=O) groups excluding carboxylic acids is 2. The molecule has 0 unspecified atom stereocenters. The number of alkyl carbamates (subject to hydrolysis) is 1. The number of hydrogen-bond donors (Lipinski definition) is 1. The number of amides is 2. The van der Waals surface area contributed by atoms with Crippen LogP contribution in [0.5, 0.6) is 0 Å². The van der Waals surface area contributed by atoms with Crippen molar-refractivity contribution >= 4 is 12.0 Å². The van der Waals surface area contributed by atoms with Gasteiger partial charge in [0.15, 0.2) is 0 Å². The lowest BCUT2D eigenvalue weighted by Crippen LogP contribution is -2.51. The zero-order chi connectivity index (χ0) is 16.9. The SMILES string of the molecule is CC(C)(C)OC(=O)NCCC(=O)N1CCN(C2CCCC2)CC1. The lowest BCUT2D eigenvalue weighted by Gasteiger charge is -2.38. The van der Waals surface area contributed by atoms with E-state index in [-0.39, 0.29) is 5.91 Å². The molecule has 0 radical (unpaired) electrons. The number of rotatable bonds is 4. The second-order valence-electron chi connectivity index (χ2n) is 7.53. The van der Waals surface area contributed by atoms with Crippen LogP contribution >= 0.6 is 0 Å². The Labute approximate surface area is 139 Å². The molecule has 1 aliphatic carbocycles. The first-order chi connectivity index (χ1) is 10.8. The van der Waals surface area contributed by atoms with Crippen molar-refractivity contribution < 1.29 is 14.3 Å². The highest BCUT2D eigenvalue weighted by Gasteiger charge is 2.27. The third kappa shape index (κ3) is 6.01. The molecule has 1 heterocycles. The van der Waals surface area contributed by atoms with E-state index in [0.717, 1.165) is 32.2 Å². The molecule has 0 aromatic rings. The predicted octanol–water partition coefficient (Wildman–Crippen LogP) is 1.99. The second-order valence-corrected chi connectivity index (χ2v) is 7.53. The number of carbonyl (C=O) groups is 2. The van der Waals surface area contributed by atoms with E-state index in [1.165, 1.54) is 25.7 Å². The van der Waals surface area contributed by atoms with E-state index in [1.807, 2.05) is 25.7 Å². The Morgan fingerprint density at radius 3 is 2.26 bits per heavy atom. The summed E-state index contributed by atoms with van der Waals surface area (Å²) in [7, 11) is 0. The highest BCUT2D eigenvalue weighted by atomic mass is 16.6. The van der Waals surface area contributed by atoms with Crippen LogP contribution in [0.1, 0.15) is 52.9 Å². The van der Waals surface area contributed by atoms with Gasteiger partial charge in [0.25, 0.3) is 0 Å². The summed E-state index contributed by atoms with van der Waals surface area (Å²) in [5.41, 5.74) is -0.509. The minimum Gasteiger partial charge on any atom is -0.444 e. The van der Waals surface area contributed by atoms with Crippen molar-refractivity contribution in [1.29, 1.82) is 0 Å². The van der Waals surface area contributed by atoms with Gasteiger partial charge < -0.3 is 15.0 Å². The van der Waals surface area contributed by atoms with E-state index >= 15 is 0 Å². The van der Waals surface area contributed by atoms with Gasteiger partial charge in [0.2, 0.25) is 5.91 Å². The molecule has 2 aliphatic rings. The molecule has 0 atom stereocenters. The van der Waals surface area contributed by atoms with E-state index < -0.39 is 11.7 Å². The summed E-state index contributed by atoms with van der Waals surface area (Å²) < 4.78 is 5.15. The molecule has 0 spiro atoms. The average Bonchev–Trinajstić information content (AvgIpc) is 2.99. The van der Waals surface area contributed by atoms with Gasteiger partial charge in [-0.25, -0.2) is 4.79 Å². The summed E-state index contributed by atoms with van der Waals surface area (Å²) >= 11 is 0. The van der Waals surface area contributed by atoms with Gasteiger partial charge in [0, 0.05) is 45.2 Å². The van der Waals surface area contributed by atoms with Gasteiger partial charge in [0.1, 0.15) is 5.60 Å². The van der Waals surface area contributed by atoms with Crippen molar-refractivity contribution in [2.45, 2.75) is 64.5 Å². The van der Waals surface area contributed by atoms with Crippen molar-refractivity contribution in [3.8, 4) is 0 Å². The van der Waals surface area contributed by atoms with Crippen LogP contribution in [0, 0.1) is 0 Å². The fourth-order valence-electron chi connectivity index (χ4n) is 3.35. The van der Waals surface area contributed by atoms with Crippen LogP contribution in [-0.2, 0) is 9.53 Å². The topological polar surface area (TPSA) is 61.9 Å². The maximum Gasteiger partial charge on any atom is 0.407 e. The minimum absolute atomic E-state index is 0.118. The first-order valence-electron chi connectivity index (χ1n) is 8.84. The molecule has 6 nitrogen and oxygen atoms in total. The normalized spacial score (nSPS) is 20.6. The molecule has 1 N–H and O–H groups in total. The smallest absolute Gasteiger partial charge is 0.407 e. The predicted molar refractivity (Wildman–Crippen MR) is 89.3 cm³/mol. The highest BCUT2D eigenvalue weighted by Crippen LogP contribution is 2.24. The number of hydrogen-bond acceptors (Lipinski definition) is 4. The van der Waals surface area contributed by atoms with Gasteiger partial charge in [0.05, 0.1) is 0 Å². The Bertz CT molecular complexity index is 406. The van der Waals surface area contributed by atoms with Crippen LogP contribution in [-0.4, -0.2) is 66.2 Å². The van der Waals surface area contributed by atoms with Gasteiger partial charge >= 0.3 is 6.09 Å². The summed E-state index contributed by atoms with van der Waals surface area (Å²) in [4.78, 5) is 28.2. The van der Waals surface area contributed by atoms with E-state index in [1.54, 1.807) is 0 Å². The van der Waals surface area contributed by atoms with Gasteiger partial charge in [-0.2, -0.15) is 0 Å². The minimum atomic E-state index is -0.509. The van der Waals surface area contributed by atoms with Crippen LogP contribution in [0.2, 0.25) is 0 Å². The molecule has 1 saturated carbocycles. The molecular formula is C17H31N3O3. The molecule has 2 rings (SSSR count). The number of nitrogens with zero attached hydrogens (tertiary/aromatic N) is 2. The lowest BCUT2D eigenvalue weighted by atomic mass is 10.1. The Hall–Kier alpha value is -1.30. The van der Waals surface area contributed by atoms with E-state index in [9.17, 15) is 9.59 Å². The Morgan fingerprint density at radius 2 is 1.70 bits per heavy atom. The van der Waals surface area contributed by atoms with Crippen molar-refractivity contribution in [2.75, 3.05) is 32.7 Å². The largest absolute Gasteiger partial charge is 0.444 e. The summed E-state index contributed by atoms with van der Waals surface area (Å²) in [5, 5.41) is 2.64. The quantitative estimate of drug-likeness (QED) is 0.859. The molecule has 1 aliphatic heterocycles. The monoisotopic (exact) mass is 325 g/mol. The van der Waals surface area contributed by atoms with Crippen LogP contribution in [0.25, 0.3) is 0 Å². The molecule has 0 aromatic heterocycles. The molecule has 6 heteroatoms. The third-order valence-electron chi connectivity index (χ3n) is 4.52. The standard InChI is InChI=1S/C17H31N3O3/c1-17(2,3)23-16(22)18-9-8-15(21)20-12-10-19(11-13-20)14-6-4-5-7-14/h14H,4-13H2,1-3H3,(H,18,22). The zero-order valence-electron chi connectivity index (χ0n) is 14.8. The van der Waals surface area contributed by atoms with Gasteiger partial charge in [-0.1, -0.05) is 12.8 Å². The Morgan fingerprint density at radius 1 is 1.09 bits per heavy atom. The molecule has 0 aromatic carbocycles. The highest BCUT2D eigenvalue weighted by molar-refractivity contribution is 5.77. The van der Waals surface area contributed by atoms with Crippen LogP contribution in [0.15, 0.2) is 0 Å². The summed E-state index contributed by atoms with van der Waals surface area (Å²) in [6, 6.07) is 0.737. The van der Waals surface area contributed by atoms with Gasteiger partial charge in [-0.15, -0.1) is 0 Å². The number of ether oxygens (including phenoxy) is 1. The van der Waals surface area contributed by atoms with E-state index in [0.29, 0.717) is 13.0 Å². The first-order valence-corrected chi connectivity index (χ1v) is 8.84. The summed E-state index contributed by atoms with van der Waals surface area (Å²) in [6.07, 6.45) is 5.20. The van der Waals surface area contributed by atoms with E-state index in [2.05, 4.69) is 10.2 Å². The summed E-state index contributed by atoms with van der Waals surface area (Å²) in [5.74, 6) is 0.118. The Balaban J connectivity index is 1.62. The first kappa shape index (κ1) is 18.0. The van der Waals surface area contributed by atoms with Crippen LogP contribution in [0.3, 0.4) is 0 Å². The molecular weight excluding hydrogens is 294 g/mol. The second kappa shape index (κ2) is 7.99. The van der Waals surface area contributed by atoms with Gasteiger partial charge in [-0.3, -0.25) is 9.69 Å². The van der Waals surface area contributed by atoms with Crippen LogP contribution in [0.4, 0.5) is 4.79 Å². The lowest BCUT2D eigenvalue weighted by molar-refractivity contribution is -0.133. The number of piperazine rings is 1. The third-order valence-corrected chi connectivity index (χ3v) is 4.52. The molecule has 132 valence electrons. The Kier molecular flexibility index (Phi) is 6.27. The molecule has 2 amide bonds. The molecule has 23 heavy (non-hydrogen) atoms. The van der Waals surface area contributed by atoms with Crippen molar-refractivity contribution in [3.63, 3.8) is 0 Å². The maximum atomic E-state index is 12.2. The molecule has 0 bridgehead atoms. The van der Waals surface area contributed by atoms with Crippen molar-refractivity contribution in [1.82, 2.24) is 15.1 Å². The molecule has 2 fully saturated rings. The molecule has 1 saturated heterocycles.